The molecule has 0 amide bonds. The van der Waals surface area contributed by atoms with Gasteiger partial charge in [-0.1, -0.05) is 47.5 Å². The van der Waals surface area contributed by atoms with Crippen molar-refractivity contribution in [3.05, 3.63) is 82.8 Å². The summed E-state index contributed by atoms with van der Waals surface area (Å²) in [6.07, 6.45) is 0.955. The number of piperidine rings is 1. The van der Waals surface area contributed by atoms with E-state index in [0.29, 0.717) is 53.2 Å². The zero-order valence-electron chi connectivity index (χ0n) is 16.6. The predicted molar refractivity (Wildman–Crippen MR) is 122 cm³/mol. The first-order valence-electron chi connectivity index (χ1n) is 9.87. The predicted octanol–water partition coefficient (Wildman–Crippen LogP) is 6.02. The molecule has 8 heteroatoms. The quantitative estimate of drug-likeness (QED) is 0.435. The molecule has 0 atom stereocenters. The van der Waals surface area contributed by atoms with Crippen molar-refractivity contribution < 1.29 is 17.9 Å². The van der Waals surface area contributed by atoms with Crippen molar-refractivity contribution in [2.24, 2.45) is 0 Å². The lowest BCUT2D eigenvalue weighted by atomic mass is 10.1. The highest BCUT2D eigenvalue weighted by Gasteiger charge is 2.30. The molecule has 3 aromatic carbocycles. The number of rotatable bonds is 6. The van der Waals surface area contributed by atoms with Gasteiger partial charge in [0.1, 0.15) is 17.6 Å². The number of halogens is 2. The molecule has 0 unspecified atom stereocenters. The van der Waals surface area contributed by atoms with E-state index < -0.39 is 10.0 Å². The molecule has 1 aliphatic rings. The molecule has 162 valence electrons. The van der Waals surface area contributed by atoms with Crippen LogP contribution in [0.15, 0.2) is 77.7 Å². The summed E-state index contributed by atoms with van der Waals surface area (Å²) in [5.74, 6) is 1.72. The van der Waals surface area contributed by atoms with Gasteiger partial charge in [0.15, 0.2) is 5.75 Å². The lowest BCUT2D eigenvalue weighted by Crippen LogP contribution is -2.41. The van der Waals surface area contributed by atoms with Crippen molar-refractivity contribution in [3.63, 3.8) is 0 Å². The second kappa shape index (κ2) is 9.49. The fourth-order valence-electron chi connectivity index (χ4n) is 3.41. The van der Waals surface area contributed by atoms with E-state index in [1.54, 1.807) is 42.5 Å². The maximum absolute atomic E-state index is 13.0. The highest BCUT2D eigenvalue weighted by Crippen LogP contribution is 2.35. The smallest absolute Gasteiger partial charge is 0.243 e. The number of benzene rings is 3. The van der Waals surface area contributed by atoms with Crippen molar-refractivity contribution in [1.29, 1.82) is 0 Å². The van der Waals surface area contributed by atoms with Crippen molar-refractivity contribution in [2.45, 2.75) is 23.8 Å². The maximum atomic E-state index is 13.0. The molecule has 0 spiro atoms. The van der Waals surface area contributed by atoms with Gasteiger partial charge in [-0.25, -0.2) is 8.42 Å². The van der Waals surface area contributed by atoms with Gasteiger partial charge >= 0.3 is 0 Å². The second-order valence-corrected chi connectivity index (χ2v) is 9.91. The summed E-state index contributed by atoms with van der Waals surface area (Å²) in [6.45, 7) is 0.717. The lowest BCUT2D eigenvalue weighted by molar-refractivity contribution is 0.135. The van der Waals surface area contributed by atoms with Crippen molar-refractivity contribution in [3.8, 4) is 17.2 Å². The number of nitrogens with zero attached hydrogens (tertiary/aromatic N) is 1. The Morgan fingerprint density at radius 1 is 0.774 bits per heavy atom. The van der Waals surface area contributed by atoms with Crippen LogP contribution >= 0.6 is 23.2 Å². The van der Waals surface area contributed by atoms with Gasteiger partial charge in [0.05, 0.1) is 14.9 Å². The first-order valence-corrected chi connectivity index (χ1v) is 12.1. The van der Waals surface area contributed by atoms with Gasteiger partial charge < -0.3 is 9.47 Å². The van der Waals surface area contributed by atoms with Gasteiger partial charge in [-0.3, -0.25) is 0 Å². The standard InChI is InChI=1S/C23H21Cl2NO4S/c24-21-7-4-8-22(25)23(21)30-19-13-15-26(16-14-19)31(27,28)20-11-9-18(10-12-20)29-17-5-2-1-3-6-17/h1-12,19H,13-16H2. The third-order valence-corrected chi connectivity index (χ3v) is 7.55. The molecule has 0 N–H and O–H groups in total. The molecule has 4 rings (SSSR count). The summed E-state index contributed by atoms with van der Waals surface area (Å²) in [4.78, 5) is 0.237. The number of sulfonamides is 1. The fourth-order valence-corrected chi connectivity index (χ4v) is 5.36. The summed E-state index contributed by atoms with van der Waals surface area (Å²) in [5.41, 5.74) is 0. The average Bonchev–Trinajstić information content (AvgIpc) is 2.78. The molecule has 3 aromatic rings. The number of para-hydroxylation sites is 2. The highest BCUT2D eigenvalue weighted by molar-refractivity contribution is 7.89. The molecule has 0 radical (unpaired) electrons. The van der Waals surface area contributed by atoms with Crippen LogP contribution < -0.4 is 9.47 Å². The van der Waals surface area contributed by atoms with Crippen molar-refractivity contribution >= 4 is 33.2 Å². The summed E-state index contributed by atoms with van der Waals surface area (Å²) < 4.78 is 39.2. The number of ether oxygens (including phenoxy) is 2. The number of hydrogen-bond donors (Lipinski definition) is 0. The van der Waals surface area contributed by atoms with Crippen molar-refractivity contribution in [1.82, 2.24) is 4.31 Å². The molecular formula is C23H21Cl2NO4S. The van der Waals surface area contributed by atoms with E-state index >= 15 is 0 Å². The molecule has 0 aromatic heterocycles. The van der Waals surface area contributed by atoms with Crippen LogP contribution in [-0.4, -0.2) is 31.9 Å². The molecule has 0 saturated carbocycles. The molecule has 5 nitrogen and oxygen atoms in total. The van der Waals surface area contributed by atoms with Crippen molar-refractivity contribution in [2.75, 3.05) is 13.1 Å². The third-order valence-electron chi connectivity index (χ3n) is 5.04. The first-order chi connectivity index (χ1) is 14.9. The maximum Gasteiger partial charge on any atom is 0.243 e. The van der Waals surface area contributed by atoms with Crippen LogP contribution in [0.3, 0.4) is 0 Å². The van der Waals surface area contributed by atoms with Gasteiger partial charge in [0.2, 0.25) is 10.0 Å². The third kappa shape index (κ3) is 5.15. The van der Waals surface area contributed by atoms with E-state index in [1.165, 1.54) is 4.31 Å². The van der Waals surface area contributed by atoms with Gasteiger partial charge in [-0.15, -0.1) is 0 Å². The van der Waals surface area contributed by atoms with E-state index in [1.807, 2.05) is 30.3 Å². The van der Waals surface area contributed by atoms with Crippen LogP contribution in [0.25, 0.3) is 0 Å². The average molecular weight is 478 g/mol. The normalized spacial score (nSPS) is 15.5. The van der Waals surface area contributed by atoms with E-state index in [2.05, 4.69) is 0 Å². The summed E-state index contributed by atoms with van der Waals surface area (Å²) in [5, 5.41) is 0.890. The Kier molecular flexibility index (Phi) is 6.72. The molecule has 1 saturated heterocycles. The summed E-state index contributed by atoms with van der Waals surface area (Å²) >= 11 is 12.3. The molecule has 1 aliphatic heterocycles. The molecule has 1 heterocycles. The van der Waals surface area contributed by atoms with Gasteiger partial charge in [0, 0.05) is 13.1 Å². The monoisotopic (exact) mass is 477 g/mol. The van der Waals surface area contributed by atoms with Crippen LogP contribution in [0.2, 0.25) is 10.0 Å². The minimum absolute atomic E-state index is 0.148. The number of hydrogen-bond acceptors (Lipinski definition) is 4. The zero-order valence-corrected chi connectivity index (χ0v) is 18.9. The van der Waals surface area contributed by atoms with Crippen LogP contribution in [-0.2, 0) is 10.0 Å². The Morgan fingerprint density at radius 2 is 1.35 bits per heavy atom. The minimum Gasteiger partial charge on any atom is -0.487 e. The second-order valence-electron chi connectivity index (χ2n) is 7.16. The first kappa shape index (κ1) is 22.0. The van der Waals surface area contributed by atoms with Crippen LogP contribution in [0, 0.1) is 0 Å². The topological polar surface area (TPSA) is 55.8 Å². The highest BCUT2D eigenvalue weighted by atomic mass is 35.5. The van der Waals surface area contributed by atoms with Gasteiger partial charge in [0.25, 0.3) is 0 Å². The summed E-state index contributed by atoms with van der Waals surface area (Å²) in [6, 6.07) is 21.0. The molecular weight excluding hydrogens is 457 g/mol. The van der Waals surface area contributed by atoms with Crippen LogP contribution in [0.5, 0.6) is 17.2 Å². The Morgan fingerprint density at radius 3 is 1.97 bits per heavy atom. The largest absolute Gasteiger partial charge is 0.487 e. The molecule has 1 fully saturated rings. The van der Waals surface area contributed by atoms with E-state index in [0.717, 1.165) is 0 Å². The van der Waals surface area contributed by atoms with E-state index in [4.69, 9.17) is 32.7 Å². The SMILES string of the molecule is O=S(=O)(c1ccc(Oc2ccccc2)cc1)N1CCC(Oc2c(Cl)cccc2Cl)CC1. The Bertz CT molecular complexity index is 1110. The Balaban J connectivity index is 1.38. The van der Waals surface area contributed by atoms with E-state index in [-0.39, 0.29) is 11.0 Å². The Labute approximate surface area is 192 Å². The molecule has 31 heavy (non-hydrogen) atoms. The zero-order chi connectivity index (χ0) is 21.8. The van der Waals surface area contributed by atoms with Crippen LogP contribution in [0.4, 0.5) is 0 Å². The molecule has 0 bridgehead atoms. The molecule has 0 aliphatic carbocycles. The van der Waals surface area contributed by atoms with Gasteiger partial charge in [-0.05, 0) is 61.4 Å². The minimum atomic E-state index is -3.59. The van der Waals surface area contributed by atoms with E-state index in [9.17, 15) is 8.42 Å². The van der Waals surface area contributed by atoms with Gasteiger partial charge in [-0.2, -0.15) is 4.31 Å². The fraction of sp³-hybridized carbons (Fsp3) is 0.217. The summed E-state index contributed by atoms with van der Waals surface area (Å²) in [7, 11) is -3.59. The lowest BCUT2D eigenvalue weighted by Gasteiger charge is -2.31. The van der Waals surface area contributed by atoms with Crippen LogP contribution in [0.1, 0.15) is 12.8 Å². The Hall–Kier alpha value is -2.25.